The fourth-order valence-electron chi connectivity index (χ4n) is 2.51. The number of aliphatic imine (C=N–C) groups is 1. The highest BCUT2D eigenvalue weighted by Gasteiger charge is 2.40. The van der Waals surface area contributed by atoms with E-state index < -0.39 is 23.8 Å². The summed E-state index contributed by atoms with van der Waals surface area (Å²) in [6, 6.07) is 13.0. The Morgan fingerprint density at radius 3 is 2.41 bits per heavy atom. The Labute approximate surface area is 169 Å². The van der Waals surface area contributed by atoms with Crippen LogP contribution in [0.15, 0.2) is 53.5 Å². The molecule has 2 aromatic rings. The molecule has 0 spiro atoms. The van der Waals surface area contributed by atoms with Gasteiger partial charge in [-0.05, 0) is 78.0 Å². The molecule has 1 atom stereocenters. The van der Waals surface area contributed by atoms with Gasteiger partial charge in [0.05, 0.1) is 18.0 Å². The van der Waals surface area contributed by atoms with Crippen molar-refractivity contribution in [2.24, 2.45) is 10.9 Å². The van der Waals surface area contributed by atoms with Crippen molar-refractivity contribution < 1.29 is 19.1 Å². The van der Waals surface area contributed by atoms with Crippen LogP contribution in [-0.2, 0) is 9.59 Å². The molecule has 8 heteroatoms. The van der Waals surface area contributed by atoms with E-state index in [0.29, 0.717) is 23.7 Å². The van der Waals surface area contributed by atoms with E-state index >= 15 is 0 Å². The van der Waals surface area contributed by atoms with Crippen molar-refractivity contribution in [3.05, 3.63) is 52.1 Å². The minimum absolute atomic E-state index is 0.393. The predicted molar refractivity (Wildman–Crippen MR) is 109 cm³/mol. The van der Waals surface area contributed by atoms with Crippen molar-refractivity contribution >= 4 is 58.0 Å². The molecule has 0 saturated carbocycles. The van der Waals surface area contributed by atoms with Gasteiger partial charge in [-0.2, -0.15) is 0 Å². The largest absolute Gasteiger partial charge is 0.494 e. The van der Waals surface area contributed by atoms with Crippen molar-refractivity contribution in [3.63, 3.8) is 0 Å². The van der Waals surface area contributed by atoms with Gasteiger partial charge in [0.15, 0.2) is 5.92 Å². The van der Waals surface area contributed by atoms with E-state index in [9.17, 15) is 14.4 Å². The highest BCUT2D eigenvalue weighted by atomic mass is 127. The SMILES string of the molecule is CCOc1ccc(N=C[C@H]2C(=O)NC(=O)N(c3ccc(I)cc3)C2=O)cc1. The van der Waals surface area contributed by atoms with Gasteiger partial charge < -0.3 is 4.74 Å². The predicted octanol–water partition coefficient (Wildman–Crippen LogP) is 3.29. The Balaban J connectivity index is 1.81. The molecule has 2 aromatic carbocycles. The van der Waals surface area contributed by atoms with Crippen LogP contribution in [0.4, 0.5) is 16.2 Å². The van der Waals surface area contributed by atoms with E-state index in [0.717, 1.165) is 8.47 Å². The third-order valence-corrected chi connectivity index (χ3v) is 4.53. The number of benzene rings is 2. The van der Waals surface area contributed by atoms with Crippen molar-refractivity contribution in [1.82, 2.24) is 5.32 Å². The fraction of sp³-hybridized carbons (Fsp3) is 0.158. The van der Waals surface area contributed by atoms with E-state index in [4.69, 9.17) is 4.74 Å². The summed E-state index contributed by atoms with van der Waals surface area (Å²) in [6.07, 6.45) is 1.25. The lowest BCUT2D eigenvalue weighted by Crippen LogP contribution is -2.58. The van der Waals surface area contributed by atoms with E-state index in [-0.39, 0.29) is 0 Å². The van der Waals surface area contributed by atoms with Crippen molar-refractivity contribution in [2.45, 2.75) is 6.92 Å². The number of halogens is 1. The molecule has 0 bridgehead atoms. The topological polar surface area (TPSA) is 88.1 Å². The van der Waals surface area contributed by atoms with Crippen LogP contribution in [0.25, 0.3) is 0 Å². The second-order valence-electron chi connectivity index (χ2n) is 5.63. The van der Waals surface area contributed by atoms with Crippen LogP contribution in [0.2, 0.25) is 0 Å². The minimum atomic E-state index is -1.19. The molecule has 0 aliphatic carbocycles. The lowest BCUT2D eigenvalue weighted by Gasteiger charge is -2.28. The van der Waals surface area contributed by atoms with Crippen LogP contribution in [0.5, 0.6) is 5.75 Å². The number of imide groups is 2. The van der Waals surface area contributed by atoms with Crippen LogP contribution in [0.1, 0.15) is 6.92 Å². The number of amides is 4. The number of hydrogen-bond acceptors (Lipinski definition) is 5. The maximum absolute atomic E-state index is 12.7. The number of hydrogen-bond donors (Lipinski definition) is 1. The molecule has 0 radical (unpaired) electrons. The standard InChI is InChI=1S/C19H16IN3O4/c1-2-27-15-9-5-13(6-10-15)21-11-16-17(24)22-19(26)23(18(16)25)14-7-3-12(20)4-8-14/h3-11,16H,2H2,1H3,(H,22,24,26)/t16-/m0/s1. The van der Waals surface area contributed by atoms with E-state index in [1.165, 1.54) is 6.21 Å². The van der Waals surface area contributed by atoms with E-state index in [1.54, 1.807) is 48.5 Å². The number of rotatable bonds is 5. The number of urea groups is 1. The van der Waals surface area contributed by atoms with Crippen LogP contribution in [0.3, 0.4) is 0 Å². The highest BCUT2D eigenvalue weighted by molar-refractivity contribution is 14.1. The van der Waals surface area contributed by atoms with Crippen LogP contribution in [-0.4, -0.2) is 30.7 Å². The molecule has 0 aromatic heterocycles. The number of nitrogens with zero attached hydrogens (tertiary/aromatic N) is 2. The third kappa shape index (κ3) is 4.33. The zero-order valence-electron chi connectivity index (χ0n) is 14.4. The summed E-state index contributed by atoms with van der Waals surface area (Å²) >= 11 is 2.12. The van der Waals surface area contributed by atoms with Crippen molar-refractivity contribution in [1.29, 1.82) is 0 Å². The Bertz CT molecular complexity index is 894. The zero-order valence-corrected chi connectivity index (χ0v) is 16.5. The number of carbonyl (C=O) groups excluding carboxylic acids is 3. The average molecular weight is 477 g/mol. The lowest BCUT2D eigenvalue weighted by molar-refractivity contribution is -0.131. The van der Waals surface area contributed by atoms with Gasteiger partial charge in [-0.25, -0.2) is 9.69 Å². The second kappa shape index (κ2) is 8.30. The van der Waals surface area contributed by atoms with Gasteiger partial charge in [0.25, 0.3) is 5.91 Å². The Kier molecular flexibility index (Phi) is 5.84. The van der Waals surface area contributed by atoms with Gasteiger partial charge in [-0.3, -0.25) is 19.9 Å². The molecular formula is C19H16IN3O4. The molecule has 138 valence electrons. The fourth-order valence-corrected chi connectivity index (χ4v) is 2.87. The molecule has 27 heavy (non-hydrogen) atoms. The van der Waals surface area contributed by atoms with Crippen LogP contribution < -0.4 is 15.0 Å². The van der Waals surface area contributed by atoms with E-state index in [2.05, 4.69) is 32.9 Å². The number of barbiturate groups is 1. The van der Waals surface area contributed by atoms with Crippen LogP contribution >= 0.6 is 22.6 Å². The van der Waals surface area contributed by atoms with Gasteiger partial charge >= 0.3 is 6.03 Å². The number of ether oxygens (including phenoxy) is 1. The quantitative estimate of drug-likeness (QED) is 0.407. The zero-order chi connectivity index (χ0) is 19.4. The molecule has 1 aliphatic rings. The third-order valence-electron chi connectivity index (χ3n) is 3.81. The van der Waals surface area contributed by atoms with Gasteiger partial charge in [0.1, 0.15) is 5.75 Å². The van der Waals surface area contributed by atoms with Gasteiger partial charge in [0.2, 0.25) is 5.91 Å². The molecule has 1 heterocycles. The monoisotopic (exact) mass is 477 g/mol. The number of carbonyl (C=O) groups is 3. The summed E-state index contributed by atoms with van der Waals surface area (Å²) in [5.41, 5.74) is 0.960. The Morgan fingerprint density at radius 1 is 1.11 bits per heavy atom. The summed E-state index contributed by atoms with van der Waals surface area (Å²) in [4.78, 5) is 42.1. The van der Waals surface area contributed by atoms with Gasteiger partial charge in [-0.15, -0.1) is 0 Å². The summed E-state index contributed by atoms with van der Waals surface area (Å²) in [5.74, 6) is -1.81. The number of nitrogens with one attached hydrogen (secondary N) is 1. The highest BCUT2D eigenvalue weighted by Crippen LogP contribution is 2.22. The maximum atomic E-state index is 12.7. The van der Waals surface area contributed by atoms with Crippen molar-refractivity contribution in [3.8, 4) is 5.75 Å². The molecule has 1 fully saturated rings. The van der Waals surface area contributed by atoms with Crippen molar-refractivity contribution in [2.75, 3.05) is 11.5 Å². The van der Waals surface area contributed by atoms with Gasteiger partial charge in [0, 0.05) is 9.78 Å². The molecule has 3 rings (SSSR count). The molecular weight excluding hydrogens is 461 g/mol. The molecule has 0 unspecified atom stereocenters. The lowest BCUT2D eigenvalue weighted by atomic mass is 10.1. The molecule has 4 amide bonds. The van der Waals surface area contributed by atoms with Crippen LogP contribution in [0, 0.1) is 9.49 Å². The summed E-state index contributed by atoms with van der Waals surface area (Å²) in [6.45, 7) is 2.45. The Hall–Kier alpha value is -2.75. The number of anilines is 1. The first-order valence-electron chi connectivity index (χ1n) is 8.21. The second-order valence-corrected chi connectivity index (χ2v) is 6.87. The van der Waals surface area contributed by atoms with E-state index in [1.807, 2.05) is 6.92 Å². The molecule has 1 aliphatic heterocycles. The van der Waals surface area contributed by atoms with Gasteiger partial charge in [-0.1, -0.05) is 0 Å². The molecule has 1 N–H and O–H groups in total. The average Bonchev–Trinajstić information content (AvgIpc) is 2.64. The first kappa shape index (κ1) is 19.0. The first-order valence-corrected chi connectivity index (χ1v) is 9.29. The smallest absolute Gasteiger partial charge is 0.335 e. The Morgan fingerprint density at radius 2 is 1.78 bits per heavy atom. The normalized spacial score (nSPS) is 17.3. The maximum Gasteiger partial charge on any atom is 0.335 e. The minimum Gasteiger partial charge on any atom is -0.494 e. The summed E-state index contributed by atoms with van der Waals surface area (Å²) in [7, 11) is 0. The molecule has 7 nitrogen and oxygen atoms in total. The summed E-state index contributed by atoms with van der Waals surface area (Å²) in [5, 5.41) is 2.20. The molecule has 1 saturated heterocycles. The first-order chi connectivity index (χ1) is 13.0. The summed E-state index contributed by atoms with van der Waals surface area (Å²) < 4.78 is 6.32.